The molecule has 0 N–H and O–H groups in total. The van der Waals surface area contributed by atoms with E-state index < -0.39 is 8.32 Å². The van der Waals surface area contributed by atoms with Gasteiger partial charge in [0, 0.05) is 11.1 Å². The number of aromatic nitrogens is 1. The third-order valence-electron chi connectivity index (χ3n) is 8.23. The first-order chi connectivity index (χ1) is 18.5. The maximum atomic E-state index is 11.9. The van der Waals surface area contributed by atoms with Crippen LogP contribution in [-0.2, 0) is 22.0 Å². The first kappa shape index (κ1) is 31.0. The monoisotopic (exact) mass is 547 g/mol. The summed E-state index contributed by atoms with van der Waals surface area (Å²) in [5, 5.41) is 1.32. The molecule has 0 aliphatic heterocycles. The fraction of sp³-hybridized carbons (Fsp3) is 0.529. The summed E-state index contributed by atoms with van der Waals surface area (Å²) in [7, 11) is -0.515. The van der Waals surface area contributed by atoms with Crippen molar-refractivity contribution in [2.75, 3.05) is 7.11 Å². The van der Waals surface area contributed by atoms with Crippen LogP contribution in [-0.4, -0.2) is 26.4 Å². The molecule has 0 fully saturated rings. The summed E-state index contributed by atoms with van der Waals surface area (Å²) < 4.78 is 11.9. The fourth-order valence-corrected chi connectivity index (χ4v) is 6.01. The molecule has 39 heavy (non-hydrogen) atoms. The molecule has 0 aliphatic rings. The van der Waals surface area contributed by atoms with E-state index in [2.05, 4.69) is 77.2 Å². The Hall–Kier alpha value is -2.50. The second-order valence-corrected chi connectivity index (χ2v) is 17.1. The van der Waals surface area contributed by atoms with Gasteiger partial charge in [0.25, 0.3) is 0 Å². The summed E-state index contributed by atoms with van der Waals surface area (Å²) in [6.45, 7) is 13.9. The van der Waals surface area contributed by atoms with Crippen LogP contribution in [0.15, 0.2) is 54.6 Å². The van der Waals surface area contributed by atoms with Crippen LogP contribution in [0.5, 0.6) is 0 Å². The quantitative estimate of drug-likeness (QED) is 0.114. The lowest BCUT2D eigenvalue weighted by molar-refractivity contribution is 0.0600. The van der Waals surface area contributed by atoms with E-state index in [0.29, 0.717) is 5.56 Å². The fourth-order valence-electron chi connectivity index (χ4n) is 4.70. The maximum absolute atomic E-state index is 11.9. The summed E-state index contributed by atoms with van der Waals surface area (Å²) in [5.74, 6) is -0.302. The van der Waals surface area contributed by atoms with E-state index in [9.17, 15) is 4.79 Å². The Morgan fingerprint density at radius 1 is 0.923 bits per heavy atom. The number of hydrogen-bond donors (Lipinski definition) is 0. The molecule has 2 aromatic carbocycles. The topological polar surface area (TPSA) is 48.4 Å². The van der Waals surface area contributed by atoms with Gasteiger partial charge in [-0.3, -0.25) is 4.98 Å². The van der Waals surface area contributed by atoms with Crippen molar-refractivity contribution in [3.05, 3.63) is 77.0 Å². The second kappa shape index (κ2) is 14.2. The Labute approximate surface area is 237 Å². The summed E-state index contributed by atoms with van der Waals surface area (Å²) in [6, 6.07) is 18.7. The van der Waals surface area contributed by atoms with Gasteiger partial charge in [0.1, 0.15) is 0 Å². The number of benzene rings is 2. The van der Waals surface area contributed by atoms with Gasteiger partial charge in [-0.25, -0.2) is 4.79 Å². The van der Waals surface area contributed by atoms with Crippen LogP contribution in [0.25, 0.3) is 10.9 Å². The summed E-state index contributed by atoms with van der Waals surface area (Å²) in [6.07, 6.45) is 10.5. The highest BCUT2D eigenvalue weighted by Gasteiger charge is 2.39. The van der Waals surface area contributed by atoms with E-state index in [-0.39, 0.29) is 17.1 Å². The number of methoxy groups -OCH3 is 1. The van der Waals surface area contributed by atoms with E-state index >= 15 is 0 Å². The predicted octanol–water partition coefficient (Wildman–Crippen LogP) is 9.62. The van der Waals surface area contributed by atoms with Crippen LogP contribution in [0.1, 0.15) is 106 Å². The number of carbonyl (C=O) groups is 1. The Kier molecular flexibility index (Phi) is 11.3. The third kappa shape index (κ3) is 9.01. The van der Waals surface area contributed by atoms with Crippen molar-refractivity contribution in [2.24, 2.45) is 0 Å². The van der Waals surface area contributed by atoms with Crippen LogP contribution in [0.3, 0.4) is 0 Å². The first-order valence-electron chi connectivity index (χ1n) is 14.8. The van der Waals surface area contributed by atoms with E-state index in [1.54, 1.807) is 6.07 Å². The molecule has 1 aromatic heterocycles. The molecule has 212 valence electrons. The molecule has 3 aromatic rings. The normalized spacial score (nSPS) is 13.0. The van der Waals surface area contributed by atoms with Crippen LogP contribution in [0.2, 0.25) is 18.1 Å². The van der Waals surface area contributed by atoms with E-state index in [4.69, 9.17) is 14.1 Å². The number of pyridine rings is 1. The molecule has 0 bridgehead atoms. The summed E-state index contributed by atoms with van der Waals surface area (Å²) >= 11 is 0. The predicted molar refractivity (Wildman–Crippen MR) is 166 cm³/mol. The number of rotatable bonds is 14. The second-order valence-electron chi connectivity index (χ2n) is 12.4. The molecular weight excluding hydrogens is 498 g/mol. The van der Waals surface area contributed by atoms with E-state index in [0.717, 1.165) is 41.4 Å². The molecule has 1 atom stereocenters. The zero-order valence-corrected chi connectivity index (χ0v) is 26.3. The van der Waals surface area contributed by atoms with Gasteiger partial charge in [0.05, 0.1) is 24.3 Å². The summed E-state index contributed by atoms with van der Waals surface area (Å²) in [4.78, 5) is 16.9. The van der Waals surface area contributed by atoms with Gasteiger partial charge in [-0.2, -0.15) is 0 Å². The van der Waals surface area contributed by atoms with Gasteiger partial charge in [0.2, 0.25) is 0 Å². The molecule has 1 unspecified atom stereocenters. The first-order valence-corrected chi connectivity index (χ1v) is 17.7. The largest absolute Gasteiger partial charge is 0.465 e. The number of nitrogens with zero attached hydrogens (tertiary/aromatic N) is 1. The number of fused-ring (bicyclic) bond motifs is 1. The van der Waals surface area contributed by atoms with Crippen LogP contribution >= 0.6 is 0 Å². The lowest BCUT2D eigenvalue weighted by Gasteiger charge is -2.39. The highest BCUT2D eigenvalue weighted by molar-refractivity contribution is 6.74. The van der Waals surface area contributed by atoms with Crippen molar-refractivity contribution in [1.29, 1.82) is 0 Å². The van der Waals surface area contributed by atoms with E-state index in [1.165, 1.54) is 51.2 Å². The lowest BCUT2D eigenvalue weighted by Crippen LogP contribution is -2.41. The number of unbranched alkanes of at least 4 members (excludes halogenated alkanes) is 5. The molecule has 0 saturated heterocycles. The molecular formula is C34H49NO3Si. The molecule has 0 amide bonds. The molecule has 0 saturated carbocycles. The van der Waals surface area contributed by atoms with Crippen molar-refractivity contribution in [3.63, 3.8) is 0 Å². The SMILES string of the molecule is CCCCCCCCC(O[Si](C)(C)C(C)(C)C)c1ccc2ccc(CCc3cccc(C(=O)OC)c3)nc2c1. The molecule has 0 radical (unpaired) electrons. The molecule has 0 aliphatic carbocycles. The number of esters is 1. The highest BCUT2D eigenvalue weighted by Crippen LogP contribution is 2.41. The van der Waals surface area contributed by atoms with Gasteiger partial charge < -0.3 is 9.16 Å². The van der Waals surface area contributed by atoms with E-state index in [1.807, 2.05) is 12.1 Å². The molecule has 5 heteroatoms. The average Bonchev–Trinajstić information content (AvgIpc) is 2.91. The molecule has 1 heterocycles. The third-order valence-corrected chi connectivity index (χ3v) is 12.7. The Balaban J connectivity index is 1.78. The maximum Gasteiger partial charge on any atom is 0.337 e. The number of carbonyl (C=O) groups excluding carboxylic acids is 1. The highest BCUT2D eigenvalue weighted by atomic mass is 28.4. The van der Waals surface area contributed by atoms with Crippen LogP contribution in [0.4, 0.5) is 0 Å². The van der Waals surface area contributed by atoms with Crippen molar-refractivity contribution in [2.45, 2.75) is 110 Å². The minimum Gasteiger partial charge on any atom is -0.465 e. The molecule has 0 spiro atoms. The average molecular weight is 548 g/mol. The summed E-state index contributed by atoms with van der Waals surface area (Å²) in [5.41, 5.74) is 5.02. The van der Waals surface area contributed by atoms with Crippen LogP contribution in [0, 0.1) is 0 Å². The van der Waals surface area contributed by atoms with Crippen molar-refractivity contribution >= 4 is 25.2 Å². The van der Waals surface area contributed by atoms with Gasteiger partial charge in [-0.1, -0.05) is 96.6 Å². The lowest BCUT2D eigenvalue weighted by atomic mass is 10.00. The Bertz CT molecular complexity index is 1210. The minimum atomic E-state index is -1.93. The van der Waals surface area contributed by atoms with Gasteiger partial charge in [-0.05, 0) is 72.8 Å². The Morgan fingerprint density at radius 2 is 1.64 bits per heavy atom. The molecule has 4 nitrogen and oxygen atoms in total. The van der Waals surface area contributed by atoms with Crippen LogP contribution < -0.4 is 0 Å². The van der Waals surface area contributed by atoms with Crippen molar-refractivity contribution < 1.29 is 14.0 Å². The van der Waals surface area contributed by atoms with Gasteiger partial charge in [0.15, 0.2) is 8.32 Å². The van der Waals surface area contributed by atoms with Gasteiger partial charge in [-0.15, -0.1) is 0 Å². The minimum absolute atomic E-state index is 0.105. The van der Waals surface area contributed by atoms with Crippen molar-refractivity contribution in [3.8, 4) is 0 Å². The number of ether oxygens (including phenoxy) is 1. The van der Waals surface area contributed by atoms with Gasteiger partial charge >= 0.3 is 5.97 Å². The number of hydrogen-bond acceptors (Lipinski definition) is 4. The Morgan fingerprint density at radius 3 is 2.36 bits per heavy atom. The smallest absolute Gasteiger partial charge is 0.337 e. The zero-order chi connectivity index (χ0) is 28.5. The zero-order valence-electron chi connectivity index (χ0n) is 25.3. The number of aryl methyl sites for hydroxylation is 2. The standard InChI is InChI=1S/C34H49NO3Si/c1-8-9-10-11-12-13-17-32(38-39(6,7)34(2,3)4)28-20-19-27-21-23-30(35-31(27)25-28)22-18-26-15-14-16-29(24-26)33(36)37-5/h14-16,19-21,23-25,32H,8-13,17-18,22H2,1-7H3. The molecule has 3 rings (SSSR count). The van der Waals surface area contributed by atoms with Crippen molar-refractivity contribution in [1.82, 2.24) is 4.98 Å².